The van der Waals surface area contributed by atoms with Crippen molar-refractivity contribution < 1.29 is 27.4 Å². The van der Waals surface area contributed by atoms with Crippen LogP contribution in [0.5, 0.6) is 17.2 Å². The summed E-state index contributed by atoms with van der Waals surface area (Å²) in [6.07, 6.45) is -1.61. The molecular weight excluding hydrogens is 451 g/mol. The first-order valence-corrected chi connectivity index (χ1v) is 9.76. The molecule has 0 radical (unpaired) electrons. The highest BCUT2D eigenvalue weighted by Gasteiger charge is 2.31. The molecule has 0 saturated heterocycles. The smallest absolute Gasteiger partial charge is 0.416 e. The molecule has 8 nitrogen and oxygen atoms in total. The van der Waals surface area contributed by atoms with Gasteiger partial charge in [0.15, 0.2) is 5.75 Å². The summed E-state index contributed by atoms with van der Waals surface area (Å²) < 4.78 is 50.1. The van der Waals surface area contributed by atoms with Crippen molar-refractivity contribution in [2.45, 2.75) is 6.18 Å². The number of amides is 1. The van der Waals surface area contributed by atoms with Crippen molar-refractivity contribution in [1.29, 1.82) is 0 Å². The van der Waals surface area contributed by atoms with Crippen LogP contribution >= 0.6 is 0 Å². The van der Waals surface area contributed by atoms with Crippen LogP contribution in [0, 0.1) is 12.1 Å². The van der Waals surface area contributed by atoms with Gasteiger partial charge in [0, 0.05) is 37.0 Å². The molecule has 172 valence electrons. The van der Waals surface area contributed by atoms with Crippen LogP contribution in [0.3, 0.4) is 0 Å². The Morgan fingerprint density at radius 3 is 2.65 bits per heavy atom. The number of benzene rings is 1. The maximum Gasteiger partial charge on any atom is 0.416 e. The van der Waals surface area contributed by atoms with Crippen LogP contribution < -0.4 is 20.1 Å². The predicted molar refractivity (Wildman–Crippen MR) is 116 cm³/mol. The molecule has 0 aliphatic rings. The Kier molecular flexibility index (Phi) is 6.05. The molecule has 0 fully saturated rings. The van der Waals surface area contributed by atoms with Gasteiger partial charge in [0.25, 0.3) is 5.91 Å². The van der Waals surface area contributed by atoms with Crippen LogP contribution in [0.15, 0.2) is 48.8 Å². The van der Waals surface area contributed by atoms with Crippen molar-refractivity contribution >= 4 is 28.4 Å². The topological polar surface area (TPSA) is 98.3 Å². The Bertz CT molecular complexity index is 1360. The molecule has 0 atom stereocenters. The minimum absolute atomic E-state index is 0.0489. The van der Waals surface area contributed by atoms with Crippen LogP contribution in [0.4, 0.5) is 24.8 Å². The number of carbonyl (C=O) groups is 1. The Morgan fingerprint density at radius 2 is 1.91 bits per heavy atom. The molecule has 11 heteroatoms. The predicted octanol–water partition coefficient (Wildman–Crippen LogP) is 4.55. The second-order valence-corrected chi connectivity index (χ2v) is 6.85. The first kappa shape index (κ1) is 22.6. The van der Waals surface area contributed by atoms with Gasteiger partial charge in [0.05, 0.1) is 18.4 Å². The summed E-state index contributed by atoms with van der Waals surface area (Å²) in [6.45, 7) is 0. The highest BCUT2D eigenvalue weighted by molar-refractivity contribution is 5.92. The second-order valence-electron chi connectivity index (χ2n) is 6.85. The van der Waals surface area contributed by atoms with Crippen LogP contribution in [0.1, 0.15) is 16.1 Å². The number of methoxy groups -OCH3 is 1. The van der Waals surface area contributed by atoms with E-state index in [4.69, 9.17) is 9.47 Å². The van der Waals surface area contributed by atoms with Gasteiger partial charge >= 0.3 is 6.18 Å². The average Bonchev–Trinajstić information content (AvgIpc) is 2.83. The van der Waals surface area contributed by atoms with E-state index in [0.717, 1.165) is 12.1 Å². The Balaban J connectivity index is 1.57. The Labute approximate surface area is 191 Å². The number of alkyl halides is 3. The normalized spacial score (nSPS) is 11.0. The van der Waals surface area contributed by atoms with E-state index < -0.39 is 11.7 Å². The molecule has 0 unspecified atom stereocenters. The Hall–Kier alpha value is -4.59. The van der Waals surface area contributed by atoms with Gasteiger partial charge in [-0.15, -0.1) is 0 Å². The molecule has 34 heavy (non-hydrogen) atoms. The summed E-state index contributed by atoms with van der Waals surface area (Å²) in [5.74, 6) is 0.557. The molecule has 0 aliphatic heterocycles. The minimum Gasteiger partial charge on any atom is -0.495 e. The zero-order valence-corrected chi connectivity index (χ0v) is 17.8. The molecule has 0 saturated carbocycles. The summed E-state index contributed by atoms with van der Waals surface area (Å²) in [6, 6.07) is 13.4. The molecule has 2 N–H and O–H groups in total. The summed E-state index contributed by atoms with van der Waals surface area (Å²) >= 11 is 0. The number of hydrogen-bond acceptors (Lipinski definition) is 7. The third-order valence-electron chi connectivity index (χ3n) is 4.60. The lowest BCUT2D eigenvalue weighted by Crippen LogP contribution is -2.18. The number of halogens is 3. The van der Waals surface area contributed by atoms with Crippen molar-refractivity contribution in [2.24, 2.45) is 0 Å². The van der Waals surface area contributed by atoms with Gasteiger partial charge in [-0.2, -0.15) is 13.2 Å². The van der Waals surface area contributed by atoms with E-state index in [1.807, 2.05) is 0 Å². The van der Waals surface area contributed by atoms with E-state index in [2.05, 4.69) is 37.7 Å². The summed E-state index contributed by atoms with van der Waals surface area (Å²) in [4.78, 5) is 24.1. The van der Waals surface area contributed by atoms with E-state index in [1.165, 1.54) is 38.7 Å². The molecule has 0 aliphatic carbocycles. The number of aromatic nitrogens is 3. The van der Waals surface area contributed by atoms with Crippen LogP contribution in [-0.2, 0) is 6.18 Å². The Morgan fingerprint density at radius 1 is 1.09 bits per heavy atom. The summed E-state index contributed by atoms with van der Waals surface area (Å²) in [7, 11) is 2.84. The highest BCUT2D eigenvalue weighted by atomic mass is 19.4. The molecule has 1 amide bonds. The number of pyridine rings is 1. The average molecular weight is 467 g/mol. The van der Waals surface area contributed by atoms with E-state index in [9.17, 15) is 18.0 Å². The van der Waals surface area contributed by atoms with E-state index in [-0.39, 0.29) is 29.0 Å². The van der Waals surface area contributed by atoms with Gasteiger partial charge in [-0.05, 0) is 36.4 Å². The standard InChI is InChI=1S/C23H16F3N5O3/c1-27-21(32)19-11-16(7-8-28-19)34-15-4-5-17-13(9-15)12-29-22(30-17)31-18-10-14(23(24,25)26)3-6-20(18)33-2/h3,6-12H,1-2H3,(H,27,32)(H,29,30,31). The van der Waals surface area contributed by atoms with Crippen LogP contribution in [-0.4, -0.2) is 35.0 Å². The monoisotopic (exact) mass is 467 g/mol. The van der Waals surface area contributed by atoms with Gasteiger partial charge in [0.1, 0.15) is 22.7 Å². The fourth-order valence-electron chi connectivity index (χ4n) is 2.97. The first-order valence-electron chi connectivity index (χ1n) is 9.76. The quantitative estimate of drug-likeness (QED) is 0.429. The van der Waals surface area contributed by atoms with Crippen LogP contribution in [0.2, 0.25) is 0 Å². The molecule has 2 heterocycles. The molecule has 4 rings (SSSR count). The number of ether oxygens (including phenoxy) is 2. The SMILES string of the molecule is CNC(=O)c1cc(Oc2c#cc3nc(Nc4cc(C(F)(F)F)ccc4OC)ncc3c2)ccn1. The first-order chi connectivity index (χ1) is 16.3. The molecule has 2 aromatic heterocycles. The number of carbonyl (C=O) groups excluding carboxylic acids is 1. The number of rotatable bonds is 6. The van der Waals surface area contributed by atoms with Crippen molar-refractivity contribution in [3.05, 3.63) is 72.2 Å². The maximum absolute atomic E-state index is 13.1. The van der Waals surface area contributed by atoms with Gasteiger partial charge in [-0.1, -0.05) is 0 Å². The minimum atomic E-state index is -4.51. The molecule has 0 bridgehead atoms. The number of fused-ring (bicyclic) bond motifs is 1. The van der Waals surface area contributed by atoms with E-state index in [0.29, 0.717) is 22.4 Å². The van der Waals surface area contributed by atoms with E-state index >= 15 is 0 Å². The molecule has 4 aromatic rings. The third-order valence-corrected chi connectivity index (χ3v) is 4.60. The lowest BCUT2D eigenvalue weighted by Gasteiger charge is -2.13. The molecular formula is C23H16F3N5O3. The van der Waals surface area contributed by atoms with Crippen molar-refractivity contribution in [3.8, 4) is 17.2 Å². The zero-order chi connectivity index (χ0) is 24.3. The lowest BCUT2D eigenvalue weighted by molar-refractivity contribution is -0.137. The fourth-order valence-corrected chi connectivity index (χ4v) is 2.97. The van der Waals surface area contributed by atoms with Gasteiger partial charge in [-0.25, -0.2) is 9.97 Å². The van der Waals surface area contributed by atoms with E-state index in [1.54, 1.807) is 12.1 Å². The van der Waals surface area contributed by atoms with Crippen LogP contribution in [0.25, 0.3) is 10.9 Å². The van der Waals surface area contributed by atoms with Gasteiger partial charge in [-0.3, -0.25) is 9.78 Å². The number of anilines is 2. The van der Waals surface area contributed by atoms with Gasteiger partial charge in [0.2, 0.25) is 5.95 Å². The second kappa shape index (κ2) is 9.11. The number of nitrogens with one attached hydrogen (secondary N) is 2. The summed E-state index contributed by atoms with van der Waals surface area (Å²) in [5.41, 5.74) is -0.232. The molecule has 0 spiro atoms. The zero-order valence-electron chi connectivity index (χ0n) is 17.8. The maximum atomic E-state index is 13.1. The van der Waals surface area contributed by atoms with Crippen molar-refractivity contribution in [1.82, 2.24) is 20.3 Å². The van der Waals surface area contributed by atoms with Gasteiger partial charge < -0.3 is 20.1 Å². The van der Waals surface area contributed by atoms with Crippen molar-refractivity contribution in [3.63, 3.8) is 0 Å². The van der Waals surface area contributed by atoms with Crippen molar-refractivity contribution in [2.75, 3.05) is 19.5 Å². The number of hydrogen-bond donors (Lipinski definition) is 2. The lowest BCUT2D eigenvalue weighted by atomic mass is 10.2. The number of nitrogens with zero attached hydrogens (tertiary/aromatic N) is 3. The summed E-state index contributed by atoms with van der Waals surface area (Å²) in [5, 5.41) is 5.78. The largest absolute Gasteiger partial charge is 0.495 e. The molecule has 2 aromatic carbocycles. The highest BCUT2D eigenvalue weighted by Crippen LogP contribution is 2.36. The third kappa shape index (κ3) is 4.91. The fraction of sp³-hybridized carbons (Fsp3) is 0.130.